The number of benzene rings is 2. The van der Waals surface area contributed by atoms with Gasteiger partial charge in [-0.1, -0.05) is 36.4 Å². The number of carbonyl (C=O) groups is 2. The molecule has 30 heavy (non-hydrogen) atoms. The molecule has 0 saturated carbocycles. The summed E-state index contributed by atoms with van der Waals surface area (Å²) in [5, 5.41) is 11.2. The minimum Gasteiger partial charge on any atom is -0.465 e. The third-order valence-electron chi connectivity index (χ3n) is 5.12. The number of hydrogen-bond donors (Lipinski definition) is 0. The zero-order chi connectivity index (χ0) is 21.4. The molecule has 0 unspecified atom stereocenters. The number of hydrogen-bond acceptors (Lipinski definition) is 6. The lowest BCUT2D eigenvalue weighted by atomic mass is 10.0. The van der Waals surface area contributed by atoms with Crippen LogP contribution in [0.2, 0.25) is 0 Å². The van der Waals surface area contributed by atoms with Gasteiger partial charge in [-0.3, -0.25) is 19.7 Å². The molecular formula is C22H16N2O6. The molecule has 8 heteroatoms. The van der Waals surface area contributed by atoms with Gasteiger partial charge in [0.25, 0.3) is 0 Å². The Morgan fingerprint density at radius 2 is 1.80 bits per heavy atom. The van der Waals surface area contributed by atoms with Gasteiger partial charge in [0.05, 0.1) is 24.1 Å². The van der Waals surface area contributed by atoms with Crippen LogP contribution < -0.4 is 5.56 Å². The average Bonchev–Trinajstić information content (AvgIpc) is 3.12. The largest absolute Gasteiger partial charge is 0.465 e. The van der Waals surface area contributed by atoms with Crippen molar-refractivity contribution in [2.75, 3.05) is 7.11 Å². The van der Waals surface area contributed by atoms with E-state index in [1.165, 1.54) is 5.56 Å². The second-order valence-corrected chi connectivity index (χ2v) is 6.92. The number of carbonyl (C=O) groups excluding carboxylic acids is 2. The van der Waals surface area contributed by atoms with E-state index in [2.05, 4.69) is 4.74 Å². The van der Waals surface area contributed by atoms with E-state index < -0.39 is 34.5 Å². The van der Waals surface area contributed by atoms with Gasteiger partial charge in [0.2, 0.25) is 0 Å². The summed E-state index contributed by atoms with van der Waals surface area (Å²) in [4.78, 5) is 47.4. The molecular weight excluding hydrogens is 388 g/mol. The molecule has 0 bridgehead atoms. The molecule has 0 spiro atoms. The van der Waals surface area contributed by atoms with Gasteiger partial charge in [0.1, 0.15) is 0 Å². The van der Waals surface area contributed by atoms with Crippen molar-refractivity contribution in [2.45, 2.75) is 13.0 Å². The number of nitrogens with zero attached hydrogens (tertiary/aromatic N) is 2. The monoisotopic (exact) mass is 404 g/mol. The lowest BCUT2D eigenvalue weighted by molar-refractivity contribution is -0.386. The van der Waals surface area contributed by atoms with Crippen LogP contribution in [0, 0.1) is 10.1 Å². The van der Waals surface area contributed by atoms with Gasteiger partial charge in [0.15, 0.2) is 5.78 Å². The molecule has 1 heterocycles. The number of ether oxygens (including phenoxy) is 1. The van der Waals surface area contributed by atoms with Crippen LogP contribution in [0.1, 0.15) is 31.8 Å². The number of esters is 1. The van der Waals surface area contributed by atoms with Crippen LogP contribution in [-0.4, -0.2) is 28.4 Å². The van der Waals surface area contributed by atoms with Crippen molar-refractivity contribution >= 4 is 17.4 Å². The Hall–Kier alpha value is -4.07. The standard InChI is InChI=1S/C22H16N2O6/c1-30-22(27)16-10-19(24(28)29)21(26)23(11-16)12-20(25)15-7-6-14-8-13-4-2-3-5-17(13)18(14)9-15/h2-7,9-11H,8,12H2,1H3. The van der Waals surface area contributed by atoms with Crippen molar-refractivity contribution < 1.29 is 19.2 Å². The zero-order valence-electron chi connectivity index (χ0n) is 16.0. The van der Waals surface area contributed by atoms with E-state index in [1.54, 1.807) is 12.1 Å². The first-order chi connectivity index (χ1) is 14.4. The van der Waals surface area contributed by atoms with Crippen molar-refractivity contribution in [1.82, 2.24) is 4.57 Å². The highest BCUT2D eigenvalue weighted by atomic mass is 16.6. The summed E-state index contributed by atoms with van der Waals surface area (Å²) in [6.45, 7) is -0.440. The van der Waals surface area contributed by atoms with Crippen LogP contribution in [-0.2, 0) is 17.7 Å². The number of nitro groups is 1. The molecule has 8 nitrogen and oxygen atoms in total. The topological polar surface area (TPSA) is 109 Å². The van der Waals surface area contributed by atoms with Crippen molar-refractivity contribution in [1.29, 1.82) is 0 Å². The van der Waals surface area contributed by atoms with E-state index in [0.29, 0.717) is 5.56 Å². The molecule has 0 radical (unpaired) electrons. The Morgan fingerprint density at radius 3 is 2.53 bits per heavy atom. The molecule has 2 aromatic carbocycles. The first-order valence-corrected chi connectivity index (χ1v) is 9.10. The van der Waals surface area contributed by atoms with E-state index in [4.69, 9.17) is 0 Å². The summed E-state index contributed by atoms with van der Waals surface area (Å²) in [5.74, 6) is -1.24. The molecule has 4 rings (SSSR count). The van der Waals surface area contributed by atoms with E-state index in [9.17, 15) is 24.5 Å². The zero-order valence-corrected chi connectivity index (χ0v) is 16.0. The molecule has 3 aromatic rings. The lowest BCUT2D eigenvalue weighted by Crippen LogP contribution is -2.27. The van der Waals surface area contributed by atoms with Crippen LogP contribution in [0.4, 0.5) is 5.69 Å². The fourth-order valence-corrected chi connectivity index (χ4v) is 3.64. The van der Waals surface area contributed by atoms with Crippen LogP contribution in [0.3, 0.4) is 0 Å². The maximum absolute atomic E-state index is 12.9. The molecule has 0 aliphatic heterocycles. The summed E-state index contributed by atoms with van der Waals surface area (Å²) >= 11 is 0. The number of ketones is 1. The third-order valence-corrected chi connectivity index (χ3v) is 5.12. The SMILES string of the molecule is COC(=O)c1cc([N+](=O)[O-])c(=O)n(CC(=O)c2ccc3c(c2)-c2ccccc2C3)c1. The van der Waals surface area contributed by atoms with Gasteiger partial charge < -0.3 is 9.30 Å². The highest BCUT2D eigenvalue weighted by molar-refractivity contribution is 5.98. The second-order valence-electron chi connectivity index (χ2n) is 6.92. The Morgan fingerprint density at radius 1 is 1.07 bits per heavy atom. The van der Waals surface area contributed by atoms with Gasteiger partial charge in [-0.2, -0.15) is 0 Å². The van der Waals surface area contributed by atoms with Crippen molar-refractivity contribution in [2.24, 2.45) is 0 Å². The first kappa shape index (κ1) is 19.3. The maximum atomic E-state index is 12.9. The van der Waals surface area contributed by atoms with Crippen molar-refractivity contribution in [3.63, 3.8) is 0 Å². The fourth-order valence-electron chi connectivity index (χ4n) is 3.64. The summed E-state index contributed by atoms with van der Waals surface area (Å²) in [6, 6.07) is 14.1. The van der Waals surface area contributed by atoms with Crippen LogP contribution in [0.25, 0.3) is 11.1 Å². The van der Waals surface area contributed by atoms with Crippen LogP contribution in [0.5, 0.6) is 0 Å². The molecule has 1 aliphatic rings. The fraction of sp³-hybridized carbons (Fsp3) is 0.136. The Labute approximate surface area is 170 Å². The minimum atomic E-state index is -0.965. The molecule has 0 atom stereocenters. The number of aromatic nitrogens is 1. The summed E-state index contributed by atoms with van der Waals surface area (Å²) in [5.41, 5.74) is 2.73. The highest BCUT2D eigenvalue weighted by Gasteiger charge is 2.23. The first-order valence-electron chi connectivity index (χ1n) is 9.10. The van der Waals surface area contributed by atoms with Crippen LogP contribution >= 0.6 is 0 Å². The minimum absolute atomic E-state index is 0.181. The molecule has 150 valence electrons. The molecule has 0 saturated heterocycles. The average molecular weight is 404 g/mol. The van der Waals surface area contributed by atoms with Gasteiger partial charge in [-0.15, -0.1) is 0 Å². The predicted molar refractivity (Wildman–Crippen MR) is 108 cm³/mol. The summed E-state index contributed by atoms with van der Waals surface area (Å²) in [7, 11) is 1.12. The van der Waals surface area contributed by atoms with Crippen molar-refractivity contribution in [3.8, 4) is 11.1 Å². The number of Topliss-reactive ketones (excluding diaryl/α,β-unsaturated/α-hetero) is 1. The Bertz CT molecular complexity index is 1270. The smallest absolute Gasteiger partial charge is 0.339 e. The summed E-state index contributed by atoms with van der Waals surface area (Å²) in [6.07, 6.45) is 1.88. The van der Waals surface area contributed by atoms with Gasteiger partial charge >= 0.3 is 17.2 Å². The maximum Gasteiger partial charge on any atom is 0.339 e. The Kier molecular flexibility index (Phi) is 4.75. The van der Waals surface area contributed by atoms with Gasteiger partial charge in [0, 0.05) is 17.8 Å². The van der Waals surface area contributed by atoms with Crippen molar-refractivity contribution in [3.05, 3.63) is 97.4 Å². The number of rotatable bonds is 5. The summed E-state index contributed by atoms with van der Waals surface area (Å²) < 4.78 is 5.45. The van der Waals surface area contributed by atoms with Crippen LogP contribution in [0.15, 0.2) is 59.5 Å². The quantitative estimate of drug-likeness (QED) is 0.219. The number of fused-ring (bicyclic) bond motifs is 3. The molecule has 0 N–H and O–H groups in total. The third kappa shape index (κ3) is 3.28. The van der Waals surface area contributed by atoms with E-state index >= 15 is 0 Å². The van der Waals surface area contributed by atoms with E-state index in [-0.39, 0.29) is 5.56 Å². The second kappa shape index (κ2) is 7.40. The Balaban J connectivity index is 1.70. The molecule has 0 fully saturated rings. The lowest BCUT2D eigenvalue weighted by Gasteiger charge is -2.09. The molecule has 1 aromatic heterocycles. The normalized spacial score (nSPS) is 11.5. The highest BCUT2D eigenvalue weighted by Crippen LogP contribution is 2.36. The number of pyridine rings is 1. The van der Waals surface area contributed by atoms with E-state index in [1.807, 2.05) is 30.3 Å². The number of methoxy groups -OCH3 is 1. The predicted octanol–water partition coefficient (Wildman–Crippen LogP) is 3.00. The molecule has 0 amide bonds. The van der Waals surface area contributed by atoms with Gasteiger partial charge in [-0.25, -0.2) is 4.79 Å². The molecule has 1 aliphatic carbocycles. The van der Waals surface area contributed by atoms with E-state index in [0.717, 1.165) is 47.1 Å². The van der Waals surface area contributed by atoms with Gasteiger partial charge in [-0.05, 0) is 34.7 Å².